The zero-order valence-electron chi connectivity index (χ0n) is 13.7. The highest BCUT2D eigenvalue weighted by molar-refractivity contribution is 7.89. The number of anilines is 1. The van der Waals surface area contributed by atoms with Crippen LogP contribution in [0.3, 0.4) is 0 Å². The molecule has 1 saturated heterocycles. The number of sulfonamides is 1. The van der Waals surface area contributed by atoms with Crippen LogP contribution in [0.2, 0.25) is 0 Å². The van der Waals surface area contributed by atoms with Crippen LogP contribution in [0.4, 0.5) is 5.69 Å². The number of benzene rings is 1. The maximum Gasteiger partial charge on any atom is 0.307 e. The Kier molecular flexibility index (Phi) is 5.61. The average Bonchev–Trinajstić information content (AvgIpc) is 2.78. The minimum Gasteiger partial charge on any atom is -0.481 e. The monoisotopic (exact) mass is 354 g/mol. The number of carboxylic acid groups (broad SMARTS) is 1. The Hall–Kier alpha value is -1.93. The van der Waals surface area contributed by atoms with Crippen molar-refractivity contribution in [3.63, 3.8) is 0 Å². The highest BCUT2D eigenvalue weighted by Gasteiger charge is 2.39. The van der Waals surface area contributed by atoms with E-state index in [2.05, 4.69) is 5.32 Å². The summed E-state index contributed by atoms with van der Waals surface area (Å²) in [6.45, 7) is 3.95. The molecule has 7 nitrogen and oxygen atoms in total. The van der Waals surface area contributed by atoms with Gasteiger partial charge in [-0.3, -0.25) is 9.59 Å². The molecule has 24 heavy (non-hydrogen) atoms. The van der Waals surface area contributed by atoms with E-state index in [1.165, 1.54) is 4.31 Å². The second-order valence-electron chi connectivity index (χ2n) is 6.23. The molecule has 0 saturated carbocycles. The van der Waals surface area contributed by atoms with Gasteiger partial charge >= 0.3 is 5.97 Å². The van der Waals surface area contributed by atoms with Crippen molar-refractivity contribution in [2.45, 2.75) is 32.7 Å². The van der Waals surface area contributed by atoms with Crippen LogP contribution >= 0.6 is 0 Å². The van der Waals surface area contributed by atoms with Gasteiger partial charge in [-0.2, -0.15) is 4.31 Å². The maximum absolute atomic E-state index is 12.6. The fourth-order valence-electron chi connectivity index (χ4n) is 2.89. The van der Waals surface area contributed by atoms with E-state index in [1.54, 1.807) is 38.1 Å². The lowest BCUT2D eigenvalue weighted by Crippen LogP contribution is -2.48. The number of hydrogen-bond acceptors (Lipinski definition) is 4. The van der Waals surface area contributed by atoms with E-state index in [1.807, 2.05) is 0 Å². The third-order valence-corrected chi connectivity index (χ3v) is 5.83. The van der Waals surface area contributed by atoms with Crippen LogP contribution in [0.25, 0.3) is 0 Å². The van der Waals surface area contributed by atoms with Crippen LogP contribution < -0.4 is 5.32 Å². The first kappa shape index (κ1) is 18.4. The van der Waals surface area contributed by atoms with Crippen LogP contribution in [0.5, 0.6) is 0 Å². The number of amides is 1. The number of aliphatic carboxylic acids is 1. The molecule has 1 aliphatic rings. The van der Waals surface area contributed by atoms with E-state index in [4.69, 9.17) is 5.11 Å². The fraction of sp³-hybridized carbons (Fsp3) is 0.500. The van der Waals surface area contributed by atoms with E-state index in [9.17, 15) is 18.0 Å². The smallest absolute Gasteiger partial charge is 0.307 e. The molecule has 1 unspecified atom stereocenters. The van der Waals surface area contributed by atoms with Gasteiger partial charge in [-0.05, 0) is 30.0 Å². The number of rotatable bonds is 6. The number of carboxylic acids is 1. The summed E-state index contributed by atoms with van der Waals surface area (Å²) < 4.78 is 25.5. The summed E-state index contributed by atoms with van der Waals surface area (Å²) >= 11 is 0. The second kappa shape index (κ2) is 7.31. The van der Waals surface area contributed by atoms with Crippen molar-refractivity contribution in [3.8, 4) is 0 Å². The van der Waals surface area contributed by atoms with Gasteiger partial charge in [0.25, 0.3) is 0 Å². The van der Waals surface area contributed by atoms with E-state index in [0.29, 0.717) is 24.2 Å². The molecule has 0 aliphatic carbocycles. The van der Waals surface area contributed by atoms with Crippen LogP contribution in [-0.4, -0.2) is 48.0 Å². The third kappa shape index (κ3) is 4.33. The van der Waals surface area contributed by atoms with Crippen LogP contribution in [-0.2, 0) is 26.0 Å². The zero-order chi connectivity index (χ0) is 17.9. The molecule has 1 fully saturated rings. The van der Waals surface area contributed by atoms with Gasteiger partial charge in [0.15, 0.2) is 0 Å². The van der Waals surface area contributed by atoms with Crippen molar-refractivity contribution in [1.29, 1.82) is 0 Å². The van der Waals surface area contributed by atoms with Crippen molar-refractivity contribution < 1.29 is 23.1 Å². The Morgan fingerprint density at radius 1 is 1.33 bits per heavy atom. The Morgan fingerprint density at radius 3 is 2.58 bits per heavy atom. The largest absolute Gasteiger partial charge is 0.481 e. The Morgan fingerprint density at radius 2 is 2.04 bits per heavy atom. The number of nitrogens with one attached hydrogen (secondary N) is 1. The van der Waals surface area contributed by atoms with E-state index < -0.39 is 27.9 Å². The summed E-state index contributed by atoms with van der Waals surface area (Å²) in [5.41, 5.74) is 1.02. The van der Waals surface area contributed by atoms with Gasteiger partial charge in [-0.25, -0.2) is 8.42 Å². The molecule has 0 spiro atoms. The minimum atomic E-state index is -3.40. The molecule has 1 heterocycles. The summed E-state index contributed by atoms with van der Waals surface area (Å²) in [5.74, 6) is -1.47. The van der Waals surface area contributed by atoms with Gasteiger partial charge in [0.2, 0.25) is 15.9 Å². The highest BCUT2D eigenvalue weighted by Crippen LogP contribution is 2.23. The summed E-state index contributed by atoms with van der Waals surface area (Å²) in [6.07, 6.45) is 0.380. The molecule has 1 aromatic carbocycles. The van der Waals surface area contributed by atoms with Crippen LogP contribution in [0.1, 0.15) is 25.8 Å². The van der Waals surface area contributed by atoms with E-state index in [-0.39, 0.29) is 18.1 Å². The average molecular weight is 354 g/mol. The van der Waals surface area contributed by atoms with Crippen molar-refractivity contribution in [3.05, 3.63) is 29.8 Å². The molecule has 0 radical (unpaired) electrons. The van der Waals surface area contributed by atoms with Gasteiger partial charge < -0.3 is 10.4 Å². The molecule has 2 rings (SSSR count). The first-order chi connectivity index (χ1) is 11.2. The SMILES string of the molecule is CC(C)C(C(=O)Nc1cccc(CC(=O)O)c1)N1CCCS1(=O)=O. The Labute approximate surface area is 141 Å². The molecule has 132 valence electrons. The van der Waals surface area contributed by atoms with Crippen molar-refractivity contribution in [2.24, 2.45) is 5.92 Å². The lowest BCUT2D eigenvalue weighted by Gasteiger charge is -2.28. The molecule has 2 N–H and O–H groups in total. The van der Waals surface area contributed by atoms with Gasteiger partial charge in [0, 0.05) is 12.2 Å². The molecule has 0 bridgehead atoms. The lowest BCUT2D eigenvalue weighted by atomic mass is 10.0. The van der Waals surface area contributed by atoms with E-state index in [0.717, 1.165) is 0 Å². The van der Waals surface area contributed by atoms with Crippen molar-refractivity contribution >= 4 is 27.6 Å². The third-order valence-electron chi connectivity index (χ3n) is 3.90. The molecule has 1 amide bonds. The number of hydrogen-bond donors (Lipinski definition) is 2. The standard InChI is InChI=1S/C16H22N2O5S/c1-11(2)15(18-7-4-8-24(18,22)23)16(21)17-13-6-3-5-12(9-13)10-14(19)20/h3,5-6,9,11,15H,4,7-8,10H2,1-2H3,(H,17,21)(H,19,20). The van der Waals surface area contributed by atoms with Crippen molar-refractivity contribution in [1.82, 2.24) is 4.31 Å². The van der Waals surface area contributed by atoms with E-state index >= 15 is 0 Å². The minimum absolute atomic E-state index is 0.0671. The molecule has 1 aliphatic heterocycles. The first-order valence-corrected chi connectivity index (χ1v) is 9.43. The predicted molar refractivity (Wildman–Crippen MR) is 90.1 cm³/mol. The zero-order valence-corrected chi connectivity index (χ0v) is 14.5. The van der Waals surface area contributed by atoms with Crippen molar-refractivity contribution in [2.75, 3.05) is 17.6 Å². The summed E-state index contributed by atoms with van der Waals surface area (Å²) in [6, 6.07) is 5.78. The molecular weight excluding hydrogens is 332 g/mol. The normalized spacial score (nSPS) is 18.5. The number of carbonyl (C=O) groups is 2. The summed E-state index contributed by atoms with van der Waals surface area (Å²) in [5, 5.41) is 11.6. The highest BCUT2D eigenvalue weighted by atomic mass is 32.2. The topological polar surface area (TPSA) is 104 Å². The van der Waals surface area contributed by atoms with Crippen LogP contribution in [0.15, 0.2) is 24.3 Å². The molecule has 1 aromatic rings. The first-order valence-electron chi connectivity index (χ1n) is 7.82. The van der Waals surface area contributed by atoms with Gasteiger partial charge in [0.05, 0.1) is 12.2 Å². The Bertz CT molecular complexity index is 730. The Balaban J connectivity index is 2.18. The van der Waals surface area contributed by atoms with Gasteiger partial charge in [0.1, 0.15) is 6.04 Å². The molecule has 1 atom stereocenters. The second-order valence-corrected chi connectivity index (χ2v) is 8.27. The molecule has 0 aromatic heterocycles. The van der Waals surface area contributed by atoms with Gasteiger partial charge in [-0.15, -0.1) is 0 Å². The quantitative estimate of drug-likeness (QED) is 0.802. The van der Waals surface area contributed by atoms with Gasteiger partial charge in [-0.1, -0.05) is 26.0 Å². The lowest BCUT2D eigenvalue weighted by molar-refractivity contribution is -0.136. The fourth-order valence-corrected chi connectivity index (χ4v) is 4.71. The molecule has 8 heteroatoms. The predicted octanol–water partition coefficient (Wildman–Crippen LogP) is 1.31. The number of carbonyl (C=O) groups excluding carboxylic acids is 1. The summed E-state index contributed by atoms with van der Waals surface area (Å²) in [7, 11) is -3.40. The molecular formula is C16H22N2O5S. The number of nitrogens with zero attached hydrogens (tertiary/aromatic N) is 1. The summed E-state index contributed by atoms with van der Waals surface area (Å²) in [4.78, 5) is 23.4. The maximum atomic E-state index is 12.6. The van der Waals surface area contributed by atoms with Crippen LogP contribution in [0, 0.1) is 5.92 Å².